The maximum atomic E-state index is 13.3. The first-order valence-corrected chi connectivity index (χ1v) is 11.6. The van der Waals surface area contributed by atoms with Crippen LogP contribution < -0.4 is 10.9 Å². The molecule has 8 heteroatoms. The molecule has 0 spiro atoms. The number of carbonyl (C=O) groups excluding carboxylic acids is 3. The molecule has 2 aromatic heterocycles. The number of hydrogen-bond acceptors (Lipinski definition) is 6. The summed E-state index contributed by atoms with van der Waals surface area (Å²) in [5.74, 6) is -1.03. The van der Waals surface area contributed by atoms with Crippen molar-refractivity contribution in [3.8, 4) is 0 Å². The zero-order valence-corrected chi connectivity index (χ0v) is 19.3. The SMILES string of the molecule is O=C(COC(=O)c1c2c(nc3ccccc13)/C(=C/c1ccco1)CCC2)NNC(=O)c1ccccc1. The fourth-order valence-corrected chi connectivity index (χ4v) is 4.28. The number of nitrogens with zero attached hydrogens (tertiary/aromatic N) is 1. The van der Waals surface area contributed by atoms with Crippen molar-refractivity contribution in [1.29, 1.82) is 0 Å². The molecular weight excluding hydrogens is 458 g/mol. The zero-order chi connectivity index (χ0) is 24.9. The minimum atomic E-state index is -0.654. The lowest BCUT2D eigenvalue weighted by Gasteiger charge is -2.22. The van der Waals surface area contributed by atoms with Gasteiger partial charge in [-0.1, -0.05) is 36.4 Å². The fourth-order valence-electron chi connectivity index (χ4n) is 4.28. The molecule has 8 nitrogen and oxygen atoms in total. The molecule has 0 radical (unpaired) electrons. The minimum Gasteiger partial charge on any atom is -0.465 e. The number of hydrazine groups is 1. The first-order valence-electron chi connectivity index (χ1n) is 11.6. The lowest BCUT2D eigenvalue weighted by Crippen LogP contribution is -2.43. The van der Waals surface area contributed by atoms with Crippen LogP contribution in [0, 0.1) is 0 Å². The van der Waals surface area contributed by atoms with Gasteiger partial charge in [-0.05, 0) is 66.8 Å². The molecule has 0 unspecified atom stereocenters. The van der Waals surface area contributed by atoms with Gasteiger partial charge in [0.15, 0.2) is 6.61 Å². The summed E-state index contributed by atoms with van der Waals surface area (Å²) in [6, 6.07) is 19.5. The molecule has 0 bridgehead atoms. The normalized spacial score (nSPS) is 13.7. The lowest BCUT2D eigenvalue weighted by molar-refractivity contribution is -0.125. The quantitative estimate of drug-likeness (QED) is 0.324. The maximum absolute atomic E-state index is 13.3. The molecule has 180 valence electrons. The van der Waals surface area contributed by atoms with Crippen LogP contribution in [0.25, 0.3) is 22.6 Å². The summed E-state index contributed by atoms with van der Waals surface area (Å²) in [6.07, 6.45) is 5.85. The third-order valence-corrected chi connectivity index (χ3v) is 5.92. The maximum Gasteiger partial charge on any atom is 0.339 e. The minimum absolute atomic E-state index is 0.392. The van der Waals surface area contributed by atoms with Crippen molar-refractivity contribution >= 4 is 40.3 Å². The number of benzene rings is 2. The van der Waals surface area contributed by atoms with E-state index in [9.17, 15) is 14.4 Å². The molecule has 2 amide bonds. The molecule has 0 fully saturated rings. The second-order valence-electron chi connectivity index (χ2n) is 8.31. The van der Waals surface area contributed by atoms with Crippen LogP contribution in [0.1, 0.15) is 50.6 Å². The lowest BCUT2D eigenvalue weighted by atomic mass is 9.86. The predicted octanol–water partition coefficient (Wildman–Crippen LogP) is 4.32. The van der Waals surface area contributed by atoms with E-state index in [0.717, 1.165) is 29.7 Å². The summed E-state index contributed by atoms with van der Waals surface area (Å²) < 4.78 is 10.9. The van der Waals surface area contributed by atoms with Gasteiger partial charge < -0.3 is 9.15 Å². The molecule has 4 aromatic rings. The number of ether oxygens (including phenoxy) is 1. The number of fused-ring (bicyclic) bond motifs is 2. The van der Waals surface area contributed by atoms with Crippen LogP contribution in [0.4, 0.5) is 0 Å². The number of hydrogen-bond donors (Lipinski definition) is 2. The Labute approximate surface area is 206 Å². The highest BCUT2D eigenvalue weighted by Crippen LogP contribution is 2.36. The average molecular weight is 482 g/mol. The number of pyridine rings is 1. The summed E-state index contributed by atoms with van der Waals surface area (Å²) in [5, 5.41) is 0.665. The van der Waals surface area contributed by atoms with Crippen molar-refractivity contribution < 1.29 is 23.5 Å². The van der Waals surface area contributed by atoms with Gasteiger partial charge in [-0.25, -0.2) is 9.78 Å². The third-order valence-electron chi connectivity index (χ3n) is 5.92. The molecule has 1 aliphatic carbocycles. The highest BCUT2D eigenvalue weighted by Gasteiger charge is 2.26. The number of carbonyl (C=O) groups is 3. The van der Waals surface area contributed by atoms with Gasteiger partial charge in [-0.2, -0.15) is 0 Å². The smallest absolute Gasteiger partial charge is 0.339 e. The Morgan fingerprint density at radius 3 is 2.56 bits per heavy atom. The van der Waals surface area contributed by atoms with Gasteiger partial charge >= 0.3 is 5.97 Å². The van der Waals surface area contributed by atoms with E-state index in [0.29, 0.717) is 34.2 Å². The molecule has 0 saturated heterocycles. The molecule has 2 aromatic carbocycles. The van der Waals surface area contributed by atoms with Gasteiger partial charge in [0, 0.05) is 10.9 Å². The molecule has 36 heavy (non-hydrogen) atoms. The Morgan fingerprint density at radius 1 is 0.944 bits per heavy atom. The zero-order valence-electron chi connectivity index (χ0n) is 19.3. The van der Waals surface area contributed by atoms with E-state index in [1.54, 1.807) is 36.6 Å². The van der Waals surface area contributed by atoms with Gasteiger partial charge in [0.05, 0.1) is 23.0 Å². The Hall–Kier alpha value is -4.72. The molecule has 2 heterocycles. The number of allylic oxidation sites excluding steroid dienone is 1. The molecule has 1 aliphatic rings. The van der Waals surface area contributed by atoms with Crippen LogP contribution in [-0.4, -0.2) is 29.4 Å². The monoisotopic (exact) mass is 481 g/mol. The summed E-state index contributed by atoms with van der Waals surface area (Å²) in [7, 11) is 0. The van der Waals surface area contributed by atoms with Crippen LogP contribution in [0.5, 0.6) is 0 Å². The highest BCUT2D eigenvalue weighted by atomic mass is 16.5. The second-order valence-corrected chi connectivity index (χ2v) is 8.31. The Balaban J connectivity index is 1.36. The van der Waals surface area contributed by atoms with Crippen LogP contribution in [0.3, 0.4) is 0 Å². The number of aromatic nitrogens is 1. The third kappa shape index (κ3) is 4.88. The number of para-hydroxylation sites is 1. The van der Waals surface area contributed by atoms with E-state index < -0.39 is 24.4 Å². The predicted molar refractivity (Wildman–Crippen MR) is 134 cm³/mol. The van der Waals surface area contributed by atoms with Gasteiger partial charge in [0.25, 0.3) is 11.8 Å². The van der Waals surface area contributed by atoms with E-state index in [1.807, 2.05) is 42.5 Å². The summed E-state index contributed by atoms with van der Waals surface area (Å²) in [5.41, 5.74) is 8.55. The summed E-state index contributed by atoms with van der Waals surface area (Å²) in [4.78, 5) is 42.5. The molecular formula is C28H23N3O5. The van der Waals surface area contributed by atoms with Crippen LogP contribution >= 0.6 is 0 Å². The topological polar surface area (TPSA) is 111 Å². The Morgan fingerprint density at radius 2 is 1.75 bits per heavy atom. The van der Waals surface area contributed by atoms with E-state index >= 15 is 0 Å². The van der Waals surface area contributed by atoms with Gasteiger partial charge in [-0.3, -0.25) is 20.4 Å². The average Bonchev–Trinajstić information content (AvgIpc) is 3.43. The number of furan rings is 1. The van der Waals surface area contributed by atoms with Gasteiger partial charge in [0.2, 0.25) is 0 Å². The number of nitrogens with one attached hydrogen (secondary N) is 2. The highest BCUT2D eigenvalue weighted by molar-refractivity contribution is 6.07. The largest absolute Gasteiger partial charge is 0.465 e. The molecule has 5 rings (SSSR count). The van der Waals surface area contributed by atoms with E-state index in [-0.39, 0.29) is 0 Å². The van der Waals surface area contributed by atoms with Gasteiger partial charge in [0.1, 0.15) is 5.76 Å². The summed E-state index contributed by atoms with van der Waals surface area (Å²) in [6.45, 7) is -0.547. The van der Waals surface area contributed by atoms with E-state index in [1.165, 1.54) is 0 Å². The standard InChI is InChI=1S/C28H23N3O5/c32-24(30-31-27(33)18-8-2-1-3-9-18)17-36-28(34)25-21-12-4-5-14-23(21)29-26-19(10-6-13-22(25)26)16-20-11-7-15-35-20/h1-5,7-9,11-12,14-16H,6,10,13,17H2,(H,30,32)(H,31,33)/b19-16+. The first kappa shape index (κ1) is 23.0. The summed E-state index contributed by atoms with van der Waals surface area (Å²) >= 11 is 0. The van der Waals surface area contributed by atoms with Crippen molar-refractivity contribution in [1.82, 2.24) is 15.8 Å². The van der Waals surface area contributed by atoms with Crippen molar-refractivity contribution in [3.05, 3.63) is 101 Å². The Kier molecular flexibility index (Phi) is 6.57. The fraction of sp³-hybridized carbons (Fsp3) is 0.143. The van der Waals surface area contributed by atoms with Crippen molar-refractivity contribution in [2.24, 2.45) is 0 Å². The number of rotatable bonds is 5. The van der Waals surface area contributed by atoms with E-state index in [2.05, 4.69) is 10.9 Å². The molecule has 2 N–H and O–H groups in total. The van der Waals surface area contributed by atoms with Crippen molar-refractivity contribution in [2.75, 3.05) is 6.61 Å². The van der Waals surface area contributed by atoms with Crippen LogP contribution in [0.15, 0.2) is 77.4 Å². The van der Waals surface area contributed by atoms with Crippen LogP contribution in [0.2, 0.25) is 0 Å². The number of esters is 1. The van der Waals surface area contributed by atoms with E-state index in [4.69, 9.17) is 14.1 Å². The number of amides is 2. The molecule has 0 aliphatic heterocycles. The second kappa shape index (κ2) is 10.3. The molecule has 0 saturated carbocycles. The first-order chi connectivity index (χ1) is 17.6. The Bertz CT molecular complexity index is 1460. The van der Waals surface area contributed by atoms with Gasteiger partial charge in [-0.15, -0.1) is 0 Å². The van der Waals surface area contributed by atoms with Crippen LogP contribution in [-0.2, 0) is 16.0 Å². The molecule has 0 atom stereocenters. The van der Waals surface area contributed by atoms with Crippen molar-refractivity contribution in [3.63, 3.8) is 0 Å². The van der Waals surface area contributed by atoms with Crippen molar-refractivity contribution in [2.45, 2.75) is 19.3 Å².